The Balaban J connectivity index is 1.11. The number of nitrogens with zero attached hydrogens (tertiary/aromatic N) is 6. The van der Waals surface area contributed by atoms with Crippen LogP contribution >= 0.6 is 0 Å². The van der Waals surface area contributed by atoms with Crippen LogP contribution in [-0.2, 0) is 32.5 Å². The highest BCUT2D eigenvalue weighted by atomic mass is 15.1. The van der Waals surface area contributed by atoms with Crippen molar-refractivity contribution >= 4 is 65.4 Å². The second-order valence-electron chi connectivity index (χ2n) is 30.8. The quantitative estimate of drug-likeness (QED) is 0.167. The molecule has 6 heteroatoms. The molecule has 0 atom stereocenters. The van der Waals surface area contributed by atoms with Crippen molar-refractivity contribution in [3.8, 4) is 51.2 Å². The summed E-state index contributed by atoms with van der Waals surface area (Å²) in [6.07, 6.45) is 0. The molecule has 0 unspecified atom stereocenters. The molecule has 4 heterocycles. The zero-order valence-corrected chi connectivity index (χ0v) is 54.5. The fraction of sp³-hybridized carbons (Fsp3) is 0.296. The van der Waals surface area contributed by atoms with Gasteiger partial charge in [-0.15, -0.1) is 0 Å². The minimum absolute atomic E-state index is 0.0413. The van der Waals surface area contributed by atoms with E-state index in [0.717, 1.165) is 66.9 Å². The zero-order valence-electron chi connectivity index (χ0n) is 54.5. The molecule has 0 fully saturated rings. The van der Waals surface area contributed by atoms with Crippen LogP contribution < -0.4 is 0 Å². The van der Waals surface area contributed by atoms with Crippen LogP contribution in [0.25, 0.3) is 117 Å². The summed E-state index contributed by atoms with van der Waals surface area (Å²) < 4.78 is 7.32. The smallest absolute Gasteiger partial charge is 0.166 e. The molecule has 0 saturated heterocycles. The van der Waals surface area contributed by atoms with Crippen molar-refractivity contribution in [2.45, 2.75) is 157 Å². The predicted molar refractivity (Wildman–Crippen MR) is 371 cm³/mol. The summed E-state index contributed by atoms with van der Waals surface area (Å²) in [4.78, 5) is 17.2. The van der Waals surface area contributed by atoms with Crippen molar-refractivity contribution in [1.82, 2.24) is 28.7 Å². The molecule has 87 heavy (non-hydrogen) atoms. The maximum absolute atomic E-state index is 5.75. The van der Waals surface area contributed by atoms with E-state index < -0.39 is 0 Å². The Kier molecular flexibility index (Phi) is 13.2. The SMILES string of the molecule is CC(C)(C)c1ccc2c(c1)c1cc(C(C)(C)C)ccc1n2-c1ccccc1-c1nc(-c2ccccc2-n2c3ccc(C(C)(C)C)cc3c3cc(C(C)(C)C)ccc32)nc(-c2ccccc2-n2c3ccc(C(C)(C)C)cc3c3cc(C(C)(C)C)ccc32)n1. The van der Waals surface area contributed by atoms with Gasteiger partial charge in [-0.1, -0.05) is 197 Å². The van der Waals surface area contributed by atoms with E-state index in [2.05, 4.69) is 320 Å². The lowest BCUT2D eigenvalue weighted by atomic mass is 9.85. The first-order valence-electron chi connectivity index (χ1n) is 31.3. The molecule has 0 amide bonds. The second kappa shape index (κ2) is 20.0. The van der Waals surface area contributed by atoms with E-state index in [0.29, 0.717) is 17.5 Å². The summed E-state index contributed by atoms with van der Waals surface area (Å²) in [6.45, 7) is 41.4. The average Bonchev–Trinajstić information content (AvgIpc) is 1.65. The molecule has 13 rings (SSSR count). The van der Waals surface area contributed by atoms with Crippen molar-refractivity contribution < 1.29 is 0 Å². The largest absolute Gasteiger partial charge is 0.309 e. The number of fused-ring (bicyclic) bond motifs is 9. The normalized spacial score (nSPS) is 13.2. The summed E-state index contributed by atoms with van der Waals surface area (Å²) in [7, 11) is 0. The minimum atomic E-state index is -0.0413. The highest BCUT2D eigenvalue weighted by Crippen LogP contribution is 2.45. The van der Waals surface area contributed by atoms with E-state index in [1.807, 2.05) is 0 Å². The zero-order chi connectivity index (χ0) is 61.7. The van der Waals surface area contributed by atoms with E-state index in [1.165, 1.54) is 65.7 Å². The lowest BCUT2D eigenvalue weighted by Crippen LogP contribution is -2.10. The third-order valence-electron chi connectivity index (χ3n) is 18.3. The third-order valence-corrected chi connectivity index (χ3v) is 18.3. The second-order valence-corrected chi connectivity index (χ2v) is 30.8. The lowest BCUT2D eigenvalue weighted by molar-refractivity contribution is 0.590. The number of hydrogen-bond acceptors (Lipinski definition) is 3. The molecule has 0 aliphatic rings. The van der Waals surface area contributed by atoms with Gasteiger partial charge >= 0.3 is 0 Å². The number of hydrogen-bond donors (Lipinski definition) is 0. The lowest BCUT2D eigenvalue weighted by Gasteiger charge is -2.20. The number of rotatable bonds is 6. The van der Waals surface area contributed by atoms with Crippen LogP contribution in [0.15, 0.2) is 182 Å². The summed E-state index contributed by atoms with van der Waals surface area (Å²) in [5.41, 5.74) is 20.0. The highest BCUT2D eigenvalue weighted by Gasteiger charge is 2.29. The first-order valence-corrected chi connectivity index (χ1v) is 31.3. The van der Waals surface area contributed by atoms with Crippen LogP contribution in [0.5, 0.6) is 0 Å². The molecule has 0 bridgehead atoms. The summed E-state index contributed by atoms with van der Waals surface area (Å²) in [5.74, 6) is 1.75. The molecule has 4 aromatic heterocycles. The molecule has 0 saturated carbocycles. The molecule has 0 N–H and O–H groups in total. The minimum Gasteiger partial charge on any atom is -0.309 e. The van der Waals surface area contributed by atoms with E-state index in [1.54, 1.807) is 0 Å². The van der Waals surface area contributed by atoms with E-state index in [9.17, 15) is 0 Å². The maximum Gasteiger partial charge on any atom is 0.166 e. The van der Waals surface area contributed by atoms with Crippen molar-refractivity contribution in [1.29, 1.82) is 0 Å². The van der Waals surface area contributed by atoms with Crippen LogP contribution in [0.4, 0.5) is 0 Å². The van der Waals surface area contributed by atoms with Gasteiger partial charge < -0.3 is 13.7 Å². The summed E-state index contributed by atoms with van der Waals surface area (Å²) >= 11 is 0. The number of aromatic nitrogens is 6. The van der Waals surface area contributed by atoms with Gasteiger partial charge in [-0.25, -0.2) is 15.0 Å². The Morgan fingerprint density at radius 2 is 0.391 bits per heavy atom. The summed E-state index contributed by atoms with van der Waals surface area (Å²) in [5, 5.41) is 7.36. The molecular weight excluding hydrogens is 1060 g/mol. The van der Waals surface area contributed by atoms with Crippen LogP contribution in [0.2, 0.25) is 0 Å². The monoisotopic (exact) mass is 1140 g/mol. The molecule has 0 aliphatic carbocycles. The van der Waals surface area contributed by atoms with Gasteiger partial charge in [0.1, 0.15) is 0 Å². The third kappa shape index (κ3) is 9.94. The van der Waals surface area contributed by atoms with Gasteiger partial charge in [-0.05, 0) is 175 Å². The molecule has 0 aliphatic heterocycles. The van der Waals surface area contributed by atoms with Gasteiger partial charge in [0.15, 0.2) is 17.5 Å². The van der Waals surface area contributed by atoms with Crippen LogP contribution in [0.3, 0.4) is 0 Å². The average molecular weight is 1140 g/mol. The Bertz CT molecular complexity index is 4190. The molecule has 13 aromatic rings. The van der Waals surface area contributed by atoms with Gasteiger partial charge in [0.05, 0.1) is 50.2 Å². The standard InChI is InChI=1S/C81H84N6/c1-76(2,3)49-31-37-67-58(43-49)59-44-50(77(4,5)6)32-38-68(59)85(67)64-28-22-19-25-55(64)73-82-74(56-26-20-23-29-65(56)86-69-39-33-51(78(7,8)9)45-60(69)61-46-52(79(10,11)12)34-40-70(61)86)84-75(83-73)57-27-21-24-30-66(57)87-71-41-35-53(80(13,14)15)47-62(71)63-48-54(81(16,17)18)36-42-72(63)87/h19-48H,1-18H3. The van der Waals surface area contributed by atoms with Gasteiger partial charge in [0.25, 0.3) is 0 Å². The molecular formula is C81H84N6. The molecule has 6 nitrogen and oxygen atoms in total. The Labute approximate surface area is 515 Å². The van der Waals surface area contributed by atoms with Crippen molar-refractivity contribution in [2.24, 2.45) is 0 Å². The Morgan fingerprint density at radius 3 is 0.563 bits per heavy atom. The maximum atomic E-state index is 5.75. The van der Waals surface area contributed by atoms with Crippen molar-refractivity contribution in [3.05, 3.63) is 215 Å². The molecule has 438 valence electrons. The molecule has 0 spiro atoms. The topological polar surface area (TPSA) is 53.5 Å². The van der Waals surface area contributed by atoms with Gasteiger partial charge in [0.2, 0.25) is 0 Å². The van der Waals surface area contributed by atoms with Crippen molar-refractivity contribution in [3.63, 3.8) is 0 Å². The Hall–Kier alpha value is -8.61. The molecule has 9 aromatic carbocycles. The summed E-state index contributed by atoms with van der Waals surface area (Å²) in [6, 6.07) is 68.4. The first-order chi connectivity index (χ1) is 40.9. The first kappa shape index (κ1) is 57.5. The van der Waals surface area contributed by atoms with Crippen LogP contribution in [-0.4, -0.2) is 28.7 Å². The number of benzene rings is 9. The van der Waals surface area contributed by atoms with E-state index in [-0.39, 0.29) is 32.5 Å². The van der Waals surface area contributed by atoms with E-state index in [4.69, 9.17) is 15.0 Å². The van der Waals surface area contributed by atoms with Crippen LogP contribution in [0.1, 0.15) is 158 Å². The van der Waals surface area contributed by atoms with Gasteiger partial charge in [0, 0.05) is 49.0 Å². The van der Waals surface area contributed by atoms with Crippen LogP contribution in [0, 0.1) is 0 Å². The van der Waals surface area contributed by atoms with Gasteiger partial charge in [-0.3, -0.25) is 0 Å². The van der Waals surface area contributed by atoms with E-state index >= 15 is 0 Å². The highest BCUT2D eigenvalue weighted by molar-refractivity contribution is 6.13. The van der Waals surface area contributed by atoms with Crippen molar-refractivity contribution in [2.75, 3.05) is 0 Å². The molecule has 0 radical (unpaired) electrons. The Morgan fingerprint density at radius 1 is 0.218 bits per heavy atom. The fourth-order valence-electron chi connectivity index (χ4n) is 13.0. The predicted octanol–water partition coefficient (Wildman–Crippen LogP) is 21.9. The fourth-order valence-corrected chi connectivity index (χ4v) is 13.0. The number of para-hydroxylation sites is 3. The van der Waals surface area contributed by atoms with Gasteiger partial charge in [-0.2, -0.15) is 0 Å².